The molecule has 0 radical (unpaired) electrons. The highest BCUT2D eigenvalue weighted by molar-refractivity contribution is 7.89. The lowest BCUT2D eigenvalue weighted by molar-refractivity contribution is 0.272. The fourth-order valence-electron chi connectivity index (χ4n) is 3.99. The first kappa shape index (κ1) is 21.0. The molecule has 4 nitrogen and oxygen atoms in total. The second kappa shape index (κ2) is 9.21. The molecule has 1 fully saturated rings. The normalized spacial score (nSPS) is 18.1. The van der Waals surface area contributed by atoms with E-state index in [-0.39, 0.29) is 0 Å². The van der Waals surface area contributed by atoms with Gasteiger partial charge in [0.1, 0.15) is 0 Å². The summed E-state index contributed by atoms with van der Waals surface area (Å²) in [6.45, 7) is 9.36. The smallest absolute Gasteiger partial charge is 0.243 e. The molecule has 2 aromatic carbocycles. The SMILES string of the molecule is CCN(CC)S(=O)(=O)c1ccc(-c2ccc(CCN3CCC[C@H]3C)cc2)cc1. The predicted molar refractivity (Wildman–Crippen MR) is 116 cm³/mol. The topological polar surface area (TPSA) is 40.6 Å². The molecule has 2 aromatic rings. The van der Waals surface area contributed by atoms with Crippen LogP contribution < -0.4 is 0 Å². The molecule has 0 bridgehead atoms. The summed E-state index contributed by atoms with van der Waals surface area (Å²) in [6, 6.07) is 16.6. The van der Waals surface area contributed by atoms with Crippen molar-refractivity contribution in [2.75, 3.05) is 26.2 Å². The molecule has 28 heavy (non-hydrogen) atoms. The van der Waals surface area contributed by atoms with Gasteiger partial charge in [0, 0.05) is 25.7 Å². The largest absolute Gasteiger partial charge is 0.300 e. The number of sulfonamides is 1. The molecule has 152 valence electrons. The highest BCUT2D eigenvalue weighted by Gasteiger charge is 2.21. The molecule has 1 aliphatic rings. The van der Waals surface area contributed by atoms with Gasteiger partial charge in [-0.2, -0.15) is 4.31 Å². The molecule has 0 N–H and O–H groups in total. The quantitative estimate of drug-likeness (QED) is 0.659. The van der Waals surface area contributed by atoms with Crippen LogP contribution in [0.15, 0.2) is 53.4 Å². The molecule has 3 rings (SSSR count). The average molecular weight is 401 g/mol. The van der Waals surface area contributed by atoms with Gasteiger partial charge in [-0.3, -0.25) is 0 Å². The van der Waals surface area contributed by atoms with Gasteiger partial charge in [-0.15, -0.1) is 0 Å². The van der Waals surface area contributed by atoms with Crippen LogP contribution in [0, 0.1) is 0 Å². The number of hydrogen-bond donors (Lipinski definition) is 0. The van der Waals surface area contributed by atoms with Crippen molar-refractivity contribution in [1.29, 1.82) is 0 Å². The maximum absolute atomic E-state index is 12.6. The Hall–Kier alpha value is -1.69. The molecule has 0 unspecified atom stereocenters. The molecule has 1 atom stereocenters. The van der Waals surface area contributed by atoms with Crippen LogP contribution in [0.4, 0.5) is 0 Å². The van der Waals surface area contributed by atoms with E-state index in [1.165, 1.54) is 29.3 Å². The van der Waals surface area contributed by atoms with Crippen molar-refractivity contribution in [3.8, 4) is 11.1 Å². The third-order valence-corrected chi connectivity index (χ3v) is 7.93. The summed E-state index contributed by atoms with van der Waals surface area (Å²) < 4.78 is 26.7. The number of hydrogen-bond acceptors (Lipinski definition) is 3. The van der Waals surface area contributed by atoms with Crippen LogP contribution in [-0.2, 0) is 16.4 Å². The lowest BCUT2D eigenvalue weighted by Gasteiger charge is -2.20. The Kier molecular flexibility index (Phi) is 6.91. The first-order chi connectivity index (χ1) is 13.5. The van der Waals surface area contributed by atoms with Gasteiger partial charge in [-0.05, 0) is 61.6 Å². The zero-order valence-corrected chi connectivity index (χ0v) is 18.1. The lowest BCUT2D eigenvalue weighted by atomic mass is 10.0. The molecule has 1 saturated heterocycles. The van der Waals surface area contributed by atoms with E-state index >= 15 is 0 Å². The summed E-state index contributed by atoms with van der Waals surface area (Å²) in [4.78, 5) is 2.93. The van der Waals surface area contributed by atoms with Gasteiger partial charge in [0.05, 0.1) is 4.90 Å². The zero-order valence-electron chi connectivity index (χ0n) is 17.3. The summed E-state index contributed by atoms with van der Waals surface area (Å²) in [7, 11) is -3.40. The van der Waals surface area contributed by atoms with Gasteiger partial charge in [0.15, 0.2) is 0 Å². The number of nitrogens with zero attached hydrogens (tertiary/aromatic N) is 2. The van der Waals surface area contributed by atoms with Crippen LogP contribution >= 0.6 is 0 Å². The first-order valence-corrected chi connectivity index (χ1v) is 11.8. The highest BCUT2D eigenvalue weighted by atomic mass is 32.2. The monoisotopic (exact) mass is 400 g/mol. The summed E-state index contributed by atoms with van der Waals surface area (Å²) >= 11 is 0. The Balaban J connectivity index is 1.67. The Morgan fingerprint density at radius 2 is 1.54 bits per heavy atom. The van der Waals surface area contributed by atoms with E-state index in [0.29, 0.717) is 24.0 Å². The van der Waals surface area contributed by atoms with Gasteiger partial charge in [0.2, 0.25) is 10.0 Å². The molecule has 0 aromatic heterocycles. The molecule has 0 aliphatic carbocycles. The van der Waals surface area contributed by atoms with Crippen molar-refractivity contribution in [1.82, 2.24) is 9.21 Å². The molecule has 1 heterocycles. The van der Waals surface area contributed by atoms with Gasteiger partial charge in [-0.1, -0.05) is 50.2 Å². The first-order valence-electron chi connectivity index (χ1n) is 10.4. The third kappa shape index (κ3) is 4.65. The molecule has 5 heteroatoms. The van der Waals surface area contributed by atoms with E-state index in [4.69, 9.17) is 0 Å². The lowest BCUT2D eigenvalue weighted by Crippen LogP contribution is -2.30. The average Bonchev–Trinajstić information content (AvgIpc) is 3.12. The van der Waals surface area contributed by atoms with Crippen LogP contribution in [-0.4, -0.2) is 49.8 Å². The summed E-state index contributed by atoms with van der Waals surface area (Å²) in [5.41, 5.74) is 3.51. The Morgan fingerprint density at radius 1 is 0.964 bits per heavy atom. The standard InChI is InChI=1S/C23H32N2O2S/c1-4-25(5-2)28(26,27)23-14-12-22(13-15-23)21-10-8-20(9-11-21)16-18-24-17-6-7-19(24)3/h8-15,19H,4-7,16-18H2,1-3H3/t19-/m1/s1. The van der Waals surface area contributed by atoms with Crippen LogP contribution in [0.25, 0.3) is 11.1 Å². The second-order valence-electron chi connectivity index (χ2n) is 7.59. The molecular weight excluding hydrogens is 368 g/mol. The van der Waals surface area contributed by atoms with Crippen molar-refractivity contribution in [2.24, 2.45) is 0 Å². The van der Waals surface area contributed by atoms with Crippen LogP contribution in [0.2, 0.25) is 0 Å². The van der Waals surface area contributed by atoms with Gasteiger partial charge < -0.3 is 4.90 Å². The minimum Gasteiger partial charge on any atom is -0.300 e. The van der Waals surface area contributed by atoms with E-state index in [9.17, 15) is 8.42 Å². The van der Waals surface area contributed by atoms with Crippen molar-refractivity contribution >= 4 is 10.0 Å². The van der Waals surface area contributed by atoms with E-state index in [1.807, 2.05) is 26.0 Å². The second-order valence-corrected chi connectivity index (χ2v) is 9.53. The van der Waals surface area contributed by atoms with Crippen molar-refractivity contribution in [3.63, 3.8) is 0 Å². The van der Waals surface area contributed by atoms with E-state index in [0.717, 1.165) is 24.1 Å². The Labute approximate surface area is 170 Å². The van der Waals surface area contributed by atoms with Gasteiger partial charge in [0.25, 0.3) is 0 Å². The number of benzene rings is 2. The van der Waals surface area contributed by atoms with Crippen molar-refractivity contribution < 1.29 is 8.42 Å². The number of rotatable bonds is 8. The van der Waals surface area contributed by atoms with E-state index in [1.54, 1.807) is 12.1 Å². The van der Waals surface area contributed by atoms with Crippen LogP contribution in [0.3, 0.4) is 0 Å². The maximum Gasteiger partial charge on any atom is 0.243 e. The summed E-state index contributed by atoms with van der Waals surface area (Å²) in [6.07, 6.45) is 3.71. The fraction of sp³-hybridized carbons (Fsp3) is 0.478. The molecule has 0 saturated carbocycles. The van der Waals surface area contributed by atoms with Crippen LogP contribution in [0.1, 0.15) is 39.2 Å². The van der Waals surface area contributed by atoms with Crippen molar-refractivity contribution in [2.45, 2.75) is 51.0 Å². The summed E-state index contributed by atoms with van der Waals surface area (Å²) in [5.74, 6) is 0. The zero-order chi connectivity index (χ0) is 20.1. The summed E-state index contributed by atoms with van der Waals surface area (Å²) in [5, 5.41) is 0. The Bertz CT molecular complexity index is 856. The fourth-order valence-corrected chi connectivity index (χ4v) is 5.45. The molecule has 0 amide bonds. The number of likely N-dealkylation sites (tertiary alicyclic amines) is 1. The molecule has 1 aliphatic heterocycles. The predicted octanol–water partition coefficient (Wildman–Crippen LogP) is 4.41. The minimum atomic E-state index is -3.40. The molecular formula is C23H32N2O2S. The van der Waals surface area contributed by atoms with Gasteiger partial charge in [-0.25, -0.2) is 8.42 Å². The minimum absolute atomic E-state index is 0.358. The third-order valence-electron chi connectivity index (χ3n) is 5.86. The Morgan fingerprint density at radius 3 is 2.04 bits per heavy atom. The van der Waals surface area contributed by atoms with Gasteiger partial charge >= 0.3 is 0 Å². The highest BCUT2D eigenvalue weighted by Crippen LogP contribution is 2.24. The van der Waals surface area contributed by atoms with E-state index in [2.05, 4.69) is 36.1 Å². The van der Waals surface area contributed by atoms with Crippen molar-refractivity contribution in [3.05, 3.63) is 54.1 Å². The van der Waals surface area contributed by atoms with E-state index < -0.39 is 10.0 Å². The van der Waals surface area contributed by atoms with Crippen LogP contribution in [0.5, 0.6) is 0 Å². The maximum atomic E-state index is 12.6. The molecule has 0 spiro atoms.